The number of carboxylic acid groups (broad SMARTS) is 1. The van der Waals surface area contributed by atoms with Crippen LogP contribution in [-0.2, 0) is 22.3 Å². The van der Waals surface area contributed by atoms with Crippen molar-refractivity contribution in [1.82, 2.24) is 0 Å². The Morgan fingerprint density at radius 3 is 2.46 bits per heavy atom. The molecule has 0 radical (unpaired) electrons. The van der Waals surface area contributed by atoms with Crippen LogP contribution in [0.25, 0.3) is 0 Å². The van der Waals surface area contributed by atoms with E-state index in [2.05, 4.69) is 6.92 Å². The lowest BCUT2D eigenvalue weighted by atomic mass is 9.84. The van der Waals surface area contributed by atoms with Crippen molar-refractivity contribution in [3.8, 4) is 0 Å². The molecule has 0 aliphatic rings. The van der Waals surface area contributed by atoms with Crippen LogP contribution in [0.4, 0.5) is 4.79 Å². The predicted octanol–water partition coefficient (Wildman–Crippen LogP) is 4.47. The van der Waals surface area contributed by atoms with E-state index in [1.165, 1.54) is 0 Å². The monoisotopic (exact) mass is 336 g/mol. The zero-order chi connectivity index (χ0) is 18.2. The van der Waals surface area contributed by atoms with Gasteiger partial charge in [-0.05, 0) is 43.4 Å². The number of hydrogen-bond acceptors (Lipinski definition) is 4. The van der Waals surface area contributed by atoms with Crippen LogP contribution in [0.2, 0.25) is 0 Å². The summed E-state index contributed by atoms with van der Waals surface area (Å²) in [6.07, 6.45) is 2.91. The lowest BCUT2D eigenvalue weighted by molar-refractivity contribution is 0.0322. The van der Waals surface area contributed by atoms with Crippen LogP contribution in [0.15, 0.2) is 18.2 Å². The first-order valence-corrected chi connectivity index (χ1v) is 8.43. The lowest BCUT2D eigenvalue weighted by Crippen LogP contribution is -2.25. The fraction of sp³-hybridized carbons (Fsp3) is 0.579. The molecule has 0 aliphatic heterocycles. The first-order valence-electron chi connectivity index (χ1n) is 8.43. The van der Waals surface area contributed by atoms with Crippen molar-refractivity contribution in [2.45, 2.75) is 53.4 Å². The number of carboxylic acids is 1. The van der Waals surface area contributed by atoms with Gasteiger partial charge >= 0.3 is 12.1 Å². The van der Waals surface area contributed by atoms with Crippen molar-refractivity contribution in [3.63, 3.8) is 0 Å². The molecule has 1 aromatic carbocycles. The standard InChI is InChI=1S/C19H28O5/c1-5-7-8-14-9-10-16(17(20)21)15(11-14)12-19(3,4)13-24-18(22)23-6-2/h9-11H,5-8,12-13H2,1-4H3,(H,20,21). The molecule has 1 N–H and O–H groups in total. The normalized spacial score (nSPS) is 11.2. The van der Waals surface area contributed by atoms with Gasteiger partial charge in [-0.3, -0.25) is 0 Å². The quantitative estimate of drug-likeness (QED) is 0.674. The van der Waals surface area contributed by atoms with E-state index in [9.17, 15) is 14.7 Å². The average Bonchev–Trinajstić information content (AvgIpc) is 2.51. The molecule has 24 heavy (non-hydrogen) atoms. The molecule has 0 heterocycles. The van der Waals surface area contributed by atoms with Crippen LogP contribution >= 0.6 is 0 Å². The second-order valence-corrected chi connectivity index (χ2v) is 6.71. The van der Waals surface area contributed by atoms with Gasteiger partial charge in [0.25, 0.3) is 0 Å². The second kappa shape index (κ2) is 9.30. The zero-order valence-corrected chi connectivity index (χ0v) is 15.1. The van der Waals surface area contributed by atoms with Crippen LogP contribution in [0.5, 0.6) is 0 Å². The van der Waals surface area contributed by atoms with Crippen LogP contribution in [0.1, 0.15) is 62.0 Å². The van der Waals surface area contributed by atoms with Crippen molar-refractivity contribution in [3.05, 3.63) is 34.9 Å². The van der Waals surface area contributed by atoms with Crippen molar-refractivity contribution < 1.29 is 24.2 Å². The molecule has 134 valence electrons. The Morgan fingerprint density at radius 2 is 1.88 bits per heavy atom. The van der Waals surface area contributed by atoms with E-state index < -0.39 is 12.1 Å². The minimum atomic E-state index is -0.936. The van der Waals surface area contributed by atoms with Crippen molar-refractivity contribution in [2.75, 3.05) is 13.2 Å². The van der Waals surface area contributed by atoms with E-state index in [1.54, 1.807) is 13.0 Å². The molecule has 0 bridgehead atoms. The number of carbonyl (C=O) groups excluding carboxylic acids is 1. The number of ether oxygens (including phenoxy) is 2. The summed E-state index contributed by atoms with van der Waals surface area (Å²) in [5.41, 5.74) is 1.83. The molecule has 0 spiro atoms. The molecule has 1 rings (SSSR count). The summed E-state index contributed by atoms with van der Waals surface area (Å²) in [6, 6.07) is 5.51. The van der Waals surface area contributed by atoms with E-state index in [4.69, 9.17) is 9.47 Å². The smallest absolute Gasteiger partial charge is 0.478 e. The summed E-state index contributed by atoms with van der Waals surface area (Å²) in [7, 11) is 0. The number of unbranched alkanes of at least 4 members (excludes halogenated alkanes) is 1. The van der Waals surface area contributed by atoms with Gasteiger partial charge in [0, 0.05) is 5.41 Å². The number of benzene rings is 1. The summed E-state index contributed by atoms with van der Waals surface area (Å²) in [5.74, 6) is -0.936. The molecular formula is C19H28O5. The Labute approximate surface area is 144 Å². The Kier molecular flexibility index (Phi) is 7.75. The maximum absolute atomic E-state index is 11.5. The molecule has 5 heteroatoms. The Bertz CT molecular complexity index is 563. The van der Waals surface area contributed by atoms with Crippen LogP contribution in [0, 0.1) is 5.41 Å². The van der Waals surface area contributed by atoms with E-state index in [0.717, 1.165) is 30.4 Å². The van der Waals surface area contributed by atoms with E-state index in [1.807, 2.05) is 26.0 Å². The van der Waals surface area contributed by atoms with Gasteiger partial charge in [0.1, 0.15) is 6.61 Å². The van der Waals surface area contributed by atoms with Gasteiger partial charge in [-0.2, -0.15) is 0 Å². The Hall–Kier alpha value is -2.04. The van der Waals surface area contributed by atoms with E-state index >= 15 is 0 Å². The highest BCUT2D eigenvalue weighted by Gasteiger charge is 2.24. The summed E-state index contributed by atoms with van der Waals surface area (Å²) >= 11 is 0. The molecule has 0 amide bonds. The molecule has 0 aromatic heterocycles. The highest BCUT2D eigenvalue weighted by atomic mass is 16.7. The van der Waals surface area contributed by atoms with E-state index in [0.29, 0.717) is 12.0 Å². The summed E-state index contributed by atoms with van der Waals surface area (Å²) < 4.78 is 9.86. The maximum atomic E-state index is 11.5. The molecule has 0 saturated heterocycles. The van der Waals surface area contributed by atoms with Crippen LogP contribution in [0.3, 0.4) is 0 Å². The molecule has 0 atom stereocenters. The minimum Gasteiger partial charge on any atom is -0.478 e. The number of aryl methyl sites for hydroxylation is 1. The topological polar surface area (TPSA) is 72.8 Å². The SMILES string of the molecule is CCCCc1ccc(C(=O)O)c(CC(C)(C)COC(=O)OCC)c1. The molecule has 1 aromatic rings. The van der Waals surface area contributed by atoms with Gasteiger partial charge in [-0.25, -0.2) is 9.59 Å². The van der Waals surface area contributed by atoms with Gasteiger partial charge in [-0.1, -0.05) is 39.3 Å². The Balaban J connectivity index is 2.88. The van der Waals surface area contributed by atoms with E-state index in [-0.39, 0.29) is 18.6 Å². The third kappa shape index (κ3) is 6.60. The van der Waals surface area contributed by atoms with Gasteiger partial charge in [0.05, 0.1) is 12.2 Å². The van der Waals surface area contributed by atoms with Gasteiger partial charge in [0.2, 0.25) is 0 Å². The third-order valence-corrected chi connectivity index (χ3v) is 3.73. The van der Waals surface area contributed by atoms with Gasteiger partial charge in [-0.15, -0.1) is 0 Å². The minimum absolute atomic E-state index is 0.171. The molecule has 0 unspecified atom stereocenters. The molecule has 0 aliphatic carbocycles. The first kappa shape index (κ1) is 20.0. The second-order valence-electron chi connectivity index (χ2n) is 6.71. The summed E-state index contributed by atoms with van der Waals surface area (Å²) in [6.45, 7) is 8.16. The molecular weight excluding hydrogens is 308 g/mol. The number of hydrogen-bond donors (Lipinski definition) is 1. The van der Waals surface area contributed by atoms with Gasteiger partial charge < -0.3 is 14.6 Å². The number of carbonyl (C=O) groups is 2. The fourth-order valence-corrected chi connectivity index (χ4v) is 2.52. The van der Waals surface area contributed by atoms with Crippen molar-refractivity contribution in [1.29, 1.82) is 0 Å². The van der Waals surface area contributed by atoms with Crippen molar-refractivity contribution in [2.24, 2.45) is 5.41 Å². The highest BCUT2D eigenvalue weighted by Crippen LogP contribution is 2.26. The molecule has 5 nitrogen and oxygen atoms in total. The van der Waals surface area contributed by atoms with Crippen LogP contribution < -0.4 is 0 Å². The lowest BCUT2D eigenvalue weighted by Gasteiger charge is -2.25. The Morgan fingerprint density at radius 1 is 1.17 bits per heavy atom. The molecule has 0 fully saturated rings. The van der Waals surface area contributed by atoms with Crippen LogP contribution in [-0.4, -0.2) is 30.4 Å². The predicted molar refractivity (Wildman–Crippen MR) is 92.5 cm³/mol. The van der Waals surface area contributed by atoms with Gasteiger partial charge in [0.15, 0.2) is 0 Å². The number of aromatic carboxylic acids is 1. The fourth-order valence-electron chi connectivity index (χ4n) is 2.52. The zero-order valence-electron chi connectivity index (χ0n) is 15.1. The number of rotatable bonds is 9. The summed E-state index contributed by atoms with van der Waals surface area (Å²) in [4.78, 5) is 22.8. The molecule has 0 saturated carbocycles. The largest absolute Gasteiger partial charge is 0.508 e. The summed E-state index contributed by atoms with van der Waals surface area (Å²) in [5, 5.41) is 9.41. The maximum Gasteiger partial charge on any atom is 0.508 e. The van der Waals surface area contributed by atoms with Crippen molar-refractivity contribution >= 4 is 12.1 Å². The highest BCUT2D eigenvalue weighted by molar-refractivity contribution is 5.89. The average molecular weight is 336 g/mol. The third-order valence-electron chi connectivity index (χ3n) is 3.73. The first-order chi connectivity index (χ1) is 11.3.